The Morgan fingerprint density at radius 1 is 0.410 bits per heavy atom. The molecule has 0 aromatic carbocycles. The molecule has 472 valence electrons. The number of carbonyl (C=O) groups is 6. The van der Waals surface area contributed by atoms with Crippen molar-refractivity contribution in [3.8, 4) is 0 Å². The van der Waals surface area contributed by atoms with E-state index in [1.54, 1.807) is 0 Å². The van der Waals surface area contributed by atoms with E-state index in [9.17, 15) is 69.6 Å². The SMILES string of the molecule is C=C(C)C(=O)OCC(O)COC[C@H]1O[C@H](OC[C@H]2O[C@@](COCC(O)COC(=O)C(=C)C)(OCC(O)COC(=O)C(=C)C)[C@@H](O)[C@@H]2O)[C@H](OCC(O)COC(=O)C(=C)C)[C@@H](OCC(O)COC(=O)C(=C)C)[C@@H]1OCC(O)COC(=O)C(=C)C. The van der Waals surface area contributed by atoms with Crippen molar-refractivity contribution >= 4 is 35.8 Å². The molecule has 15 atom stereocenters. The van der Waals surface area contributed by atoms with Crippen LogP contribution in [0.25, 0.3) is 0 Å². The lowest BCUT2D eigenvalue weighted by Crippen LogP contribution is -2.63. The molecular formula is C54H82O29. The summed E-state index contributed by atoms with van der Waals surface area (Å²) in [5, 5.41) is 88.2. The van der Waals surface area contributed by atoms with Crippen molar-refractivity contribution in [2.75, 3.05) is 99.1 Å². The Morgan fingerprint density at radius 3 is 1.11 bits per heavy atom. The summed E-state index contributed by atoms with van der Waals surface area (Å²) in [6.45, 7) is 19.4. The molecule has 8 N–H and O–H groups in total. The molecule has 0 bridgehead atoms. The van der Waals surface area contributed by atoms with Gasteiger partial charge < -0.3 is 112 Å². The van der Waals surface area contributed by atoms with Gasteiger partial charge in [0.15, 0.2) is 6.29 Å². The van der Waals surface area contributed by atoms with Crippen molar-refractivity contribution < 1.29 is 141 Å². The molecule has 2 aliphatic rings. The summed E-state index contributed by atoms with van der Waals surface area (Å²) in [7, 11) is 0. The minimum absolute atomic E-state index is 0.000307. The van der Waals surface area contributed by atoms with Gasteiger partial charge >= 0.3 is 35.8 Å². The molecule has 6 unspecified atom stereocenters. The van der Waals surface area contributed by atoms with Gasteiger partial charge in [0.05, 0.1) is 52.9 Å². The summed E-state index contributed by atoms with van der Waals surface area (Å²) < 4.78 is 84.8. The maximum atomic E-state index is 12.3. The monoisotopic (exact) mass is 1190 g/mol. The first-order valence-corrected chi connectivity index (χ1v) is 25.9. The lowest BCUT2D eigenvalue weighted by atomic mass is 9.97. The predicted molar refractivity (Wildman–Crippen MR) is 282 cm³/mol. The zero-order valence-corrected chi connectivity index (χ0v) is 47.6. The van der Waals surface area contributed by atoms with Gasteiger partial charge in [-0.15, -0.1) is 0 Å². The van der Waals surface area contributed by atoms with E-state index in [1.165, 1.54) is 41.5 Å². The van der Waals surface area contributed by atoms with E-state index in [0.717, 1.165) is 0 Å². The average molecular weight is 1200 g/mol. The zero-order valence-electron chi connectivity index (χ0n) is 47.6. The van der Waals surface area contributed by atoms with Gasteiger partial charge in [-0.2, -0.15) is 0 Å². The van der Waals surface area contributed by atoms with Gasteiger partial charge in [0.25, 0.3) is 0 Å². The Kier molecular flexibility index (Phi) is 32.9. The van der Waals surface area contributed by atoms with Crippen molar-refractivity contribution in [1.29, 1.82) is 0 Å². The molecule has 2 aliphatic heterocycles. The maximum Gasteiger partial charge on any atom is 0.333 e. The van der Waals surface area contributed by atoms with Gasteiger partial charge in [-0.25, -0.2) is 28.8 Å². The fourth-order valence-corrected chi connectivity index (χ4v) is 6.80. The Labute approximate surface area is 480 Å². The summed E-state index contributed by atoms with van der Waals surface area (Å²) in [5.74, 6) is -7.44. The minimum Gasteiger partial charge on any atom is -0.460 e. The van der Waals surface area contributed by atoms with Crippen molar-refractivity contribution in [3.63, 3.8) is 0 Å². The Balaban J connectivity index is 2.71. The van der Waals surface area contributed by atoms with Crippen LogP contribution >= 0.6 is 0 Å². The minimum atomic E-state index is -2.42. The van der Waals surface area contributed by atoms with Crippen LogP contribution < -0.4 is 0 Å². The van der Waals surface area contributed by atoms with E-state index < -0.39 is 226 Å². The lowest BCUT2D eigenvalue weighted by molar-refractivity contribution is -0.336. The first kappa shape index (κ1) is 73.7. The first-order chi connectivity index (χ1) is 38.9. The Morgan fingerprint density at radius 2 is 0.735 bits per heavy atom. The van der Waals surface area contributed by atoms with Crippen LogP contribution in [0.1, 0.15) is 41.5 Å². The second-order valence-electron chi connectivity index (χ2n) is 19.7. The molecule has 83 heavy (non-hydrogen) atoms. The third kappa shape index (κ3) is 26.6. The third-order valence-corrected chi connectivity index (χ3v) is 11.2. The molecule has 0 spiro atoms. The topological polar surface area (TPSA) is 403 Å². The fourth-order valence-electron chi connectivity index (χ4n) is 6.80. The van der Waals surface area contributed by atoms with Crippen molar-refractivity contribution in [1.82, 2.24) is 0 Å². The van der Waals surface area contributed by atoms with Crippen LogP contribution in [-0.4, -0.2) is 267 Å². The Bertz CT molecular complexity index is 2200. The Hall–Kier alpha value is -5.42. The maximum absolute atomic E-state index is 12.3. The van der Waals surface area contributed by atoms with Crippen LogP contribution in [0.3, 0.4) is 0 Å². The molecule has 0 aliphatic carbocycles. The lowest BCUT2D eigenvalue weighted by Gasteiger charge is -2.46. The number of rotatable bonds is 41. The van der Waals surface area contributed by atoms with E-state index in [-0.39, 0.29) is 33.4 Å². The predicted octanol–water partition coefficient (Wildman–Crippen LogP) is -2.37. The van der Waals surface area contributed by atoms with Gasteiger partial charge in [-0.3, -0.25) is 0 Å². The highest BCUT2D eigenvalue weighted by molar-refractivity contribution is 5.88. The summed E-state index contributed by atoms with van der Waals surface area (Å²) >= 11 is 0. The first-order valence-electron chi connectivity index (χ1n) is 25.9. The highest BCUT2D eigenvalue weighted by atomic mass is 16.8. The number of aliphatic hydroxyl groups excluding tert-OH is 8. The molecule has 0 radical (unpaired) electrons. The van der Waals surface area contributed by atoms with E-state index >= 15 is 0 Å². The molecule has 29 nitrogen and oxygen atoms in total. The molecular weight excluding hydrogens is 1110 g/mol. The second-order valence-corrected chi connectivity index (χ2v) is 19.7. The van der Waals surface area contributed by atoms with Crippen molar-refractivity contribution in [2.45, 2.75) is 133 Å². The largest absolute Gasteiger partial charge is 0.460 e. The number of ether oxygens (including phenoxy) is 15. The van der Waals surface area contributed by atoms with Crippen LogP contribution in [0.2, 0.25) is 0 Å². The molecule has 0 saturated carbocycles. The number of esters is 6. The highest BCUT2D eigenvalue weighted by Crippen LogP contribution is 2.36. The van der Waals surface area contributed by atoms with E-state index in [1.807, 2.05) is 0 Å². The zero-order chi connectivity index (χ0) is 62.7. The number of hydrogen-bond acceptors (Lipinski definition) is 29. The quantitative estimate of drug-likeness (QED) is 0.0180. The van der Waals surface area contributed by atoms with E-state index in [4.69, 9.17) is 71.1 Å². The van der Waals surface area contributed by atoms with Crippen LogP contribution in [0.15, 0.2) is 72.9 Å². The summed E-state index contributed by atoms with van der Waals surface area (Å²) in [6.07, 6.45) is -22.9. The highest BCUT2D eigenvalue weighted by Gasteiger charge is 2.57. The molecule has 29 heteroatoms. The third-order valence-electron chi connectivity index (χ3n) is 11.2. The number of aliphatic hydroxyl groups is 8. The molecule has 0 aromatic rings. The number of carbonyl (C=O) groups excluding carboxylic acids is 6. The van der Waals surface area contributed by atoms with Crippen LogP contribution in [0.4, 0.5) is 0 Å². The molecule has 2 saturated heterocycles. The summed E-state index contributed by atoms with van der Waals surface area (Å²) in [4.78, 5) is 72.8. The molecule has 2 heterocycles. The normalized spacial score (nSPS) is 24.4. The van der Waals surface area contributed by atoms with Crippen LogP contribution in [-0.2, 0) is 99.8 Å². The van der Waals surface area contributed by atoms with Gasteiger partial charge in [0, 0.05) is 33.4 Å². The van der Waals surface area contributed by atoms with Crippen molar-refractivity contribution in [2.24, 2.45) is 0 Å². The molecule has 2 rings (SSSR count). The van der Waals surface area contributed by atoms with Gasteiger partial charge in [0.2, 0.25) is 5.79 Å². The standard InChI is InChI=1S/C54H82O29/c1-28(2)47(63)74-18-34(55)13-69-25-41-43(71-15-36(57)20-76-49(65)30(5)6)44(72-16-37(58)21-77-50(66)31(7)8)45(73-17-38(59)22-78-51(67)32(9)10)53(82-41)80-26-40-42(61)46(62)54(83-40,81-24-39(60)23-79-52(68)33(11)12)27-70-14-35(56)19-75-48(64)29(3)4/h34-46,53,55-62H,1,3,5,7,9,11,13-27H2,2,4,6,8,10,12H3/t34?,35?,36?,37?,38?,39?,40-,41-,42-,43-,44+,45-,46+,53+,54-/m1/s1. The molecule has 0 aromatic heterocycles. The van der Waals surface area contributed by atoms with Gasteiger partial charge in [-0.05, 0) is 41.5 Å². The van der Waals surface area contributed by atoms with E-state index in [0.29, 0.717) is 0 Å². The van der Waals surface area contributed by atoms with Gasteiger partial charge in [-0.1, -0.05) is 39.5 Å². The second kappa shape index (κ2) is 37.1. The fraction of sp³-hybridized carbons (Fsp3) is 0.667. The molecule has 0 amide bonds. The van der Waals surface area contributed by atoms with Crippen LogP contribution in [0, 0.1) is 0 Å². The number of hydrogen-bond donors (Lipinski definition) is 8. The summed E-state index contributed by atoms with van der Waals surface area (Å²) in [5.41, 5.74) is 0.121. The molecule has 2 fully saturated rings. The van der Waals surface area contributed by atoms with Crippen LogP contribution in [0.5, 0.6) is 0 Å². The van der Waals surface area contributed by atoms with Gasteiger partial charge in [0.1, 0.15) is 126 Å². The smallest absolute Gasteiger partial charge is 0.333 e. The average Bonchev–Trinajstić information content (AvgIpc) is 4.00. The van der Waals surface area contributed by atoms with E-state index in [2.05, 4.69) is 39.5 Å². The van der Waals surface area contributed by atoms with Crippen molar-refractivity contribution in [3.05, 3.63) is 72.9 Å². The summed E-state index contributed by atoms with van der Waals surface area (Å²) in [6, 6.07) is 0.